The van der Waals surface area contributed by atoms with Crippen molar-refractivity contribution in [1.82, 2.24) is 0 Å². The number of nitrogens with zero attached hydrogens (tertiary/aromatic N) is 2. The van der Waals surface area contributed by atoms with Crippen LogP contribution in [0.15, 0.2) is 32.7 Å². The second kappa shape index (κ2) is 5.30. The van der Waals surface area contributed by atoms with Gasteiger partial charge >= 0.3 is 5.97 Å². The summed E-state index contributed by atoms with van der Waals surface area (Å²) < 4.78 is 0.478. The average Bonchev–Trinajstić information content (AvgIpc) is 2.19. The molecule has 1 rings (SSSR count). The molecule has 1 aromatic carbocycles. The Kier molecular flexibility index (Phi) is 4.05. The number of hydrogen-bond donors (Lipinski definition) is 4. The molecule has 0 radical (unpaired) electrons. The lowest BCUT2D eigenvalue weighted by atomic mass is 10.2. The van der Waals surface area contributed by atoms with Gasteiger partial charge in [0.05, 0.1) is 11.3 Å². The van der Waals surface area contributed by atoms with Crippen LogP contribution in [0.3, 0.4) is 0 Å². The molecule has 0 fully saturated rings. The summed E-state index contributed by atoms with van der Waals surface area (Å²) in [6.45, 7) is 0. The Hall–Kier alpha value is -2.09. The molecule has 8 heteroatoms. The van der Waals surface area contributed by atoms with Crippen LogP contribution < -0.4 is 17.2 Å². The van der Waals surface area contributed by atoms with Crippen molar-refractivity contribution in [2.24, 2.45) is 27.2 Å². The highest BCUT2D eigenvalue weighted by Gasteiger charge is 2.06. The number of rotatable bonds is 2. The zero-order chi connectivity index (χ0) is 13.0. The Morgan fingerprint density at radius 2 is 1.94 bits per heavy atom. The van der Waals surface area contributed by atoms with Crippen molar-refractivity contribution in [3.63, 3.8) is 0 Å². The second-order valence-electron chi connectivity index (χ2n) is 2.98. The van der Waals surface area contributed by atoms with Crippen molar-refractivity contribution in [1.29, 1.82) is 0 Å². The summed E-state index contributed by atoms with van der Waals surface area (Å²) in [5.41, 5.74) is 16.3. The van der Waals surface area contributed by atoms with Crippen molar-refractivity contribution >= 4 is 39.5 Å². The van der Waals surface area contributed by atoms with Crippen LogP contribution in [0.25, 0.3) is 0 Å². The van der Waals surface area contributed by atoms with E-state index in [0.717, 1.165) is 0 Å². The predicted molar refractivity (Wildman–Crippen MR) is 68.2 cm³/mol. The fourth-order valence-corrected chi connectivity index (χ4v) is 1.48. The number of aromatic carboxylic acids is 1. The molecule has 0 saturated carbocycles. The van der Waals surface area contributed by atoms with Crippen molar-refractivity contribution in [2.45, 2.75) is 0 Å². The Morgan fingerprint density at radius 1 is 1.29 bits per heavy atom. The number of aliphatic imine (C=N–C) groups is 2. The number of carboxylic acid groups (broad SMARTS) is 1. The molecule has 17 heavy (non-hydrogen) atoms. The van der Waals surface area contributed by atoms with Crippen LogP contribution in [-0.4, -0.2) is 23.0 Å². The smallest absolute Gasteiger partial charge is 0.335 e. The number of benzene rings is 1. The molecule has 0 aliphatic carbocycles. The predicted octanol–water partition coefficient (Wildman–Crippen LogP) is 0.367. The Morgan fingerprint density at radius 3 is 2.41 bits per heavy atom. The minimum atomic E-state index is -1.03. The molecule has 0 bridgehead atoms. The van der Waals surface area contributed by atoms with Crippen LogP contribution in [0, 0.1) is 0 Å². The van der Waals surface area contributed by atoms with Crippen LogP contribution in [0.2, 0.25) is 0 Å². The van der Waals surface area contributed by atoms with Crippen molar-refractivity contribution in [2.75, 3.05) is 0 Å². The summed E-state index contributed by atoms with van der Waals surface area (Å²) in [6, 6.07) is 4.29. The van der Waals surface area contributed by atoms with E-state index in [1.54, 1.807) is 0 Å². The molecule has 0 saturated heterocycles. The van der Waals surface area contributed by atoms with Gasteiger partial charge in [0, 0.05) is 4.47 Å². The Bertz CT molecular complexity index is 508. The van der Waals surface area contributed by atoms with Gasteiger partial charge in [-0.3, -0.25) is 0 Å². The summed E-state index contributed by atoms with van der Waals surface area (Å²) in [6.07, 6.45) is 0. The highest BCUT2D eigenvalue weighted by atomic mass is 79.9. The number of carboxylic acids is 1. The summed E-state index contributed by atoms with van der Waals surface area (Å²) >= 11 is 3.17. The van der Waals surface area contributed by atoms with Crippen LogP contribution >= 0.6 is 15.9 Å². The van der Waals surface area contributed by atoms with E-state index in [2.05, 4.69) is 25.9 Å². The quantitative estimate of drug-likeness (QED) is 0.461. The third-order valence-corrected chi connectivity index (χ3v) is 2.31. The molecule has 0 heterocycles. The molecule has 0 unspecified atom stereocenters. The van der Waals surface area contributed by atoms with E-state index >= 15 is 0 Å². The Balaban J connectivity index is 3.09. The summed E-state index contributed by atoms with van der Waals surface area (Å²) in [7, 11) is 0. The van der Waals surface area contributed by atoms with Gasteiger partial charge in [0.15, 0.2) is 5.96 Å². The first kappa shape index (κ1) is 13.0. The zero-order valence-corrected chi connectivity index (χ0v) is 10.2. The largest absolute Gasteiger partial charge is 0.478 e. The SMILES string of the molecule is NC(N)=NC(N)=Nc1ccc(C(=O)O)cc1Br. The highest BCUT2D eigenvalue weighted by Crippen LogP contribution is 2.26. The first-order valence-electron chi connectivity index (χ1n) is 4.37. The van der Waals surface area contributed by atoms with Crippen LogP contribution in [0.4, 0.5) is 5.69 Å². The molecule has 0 spiro atoms. The van der Waals surface area contributed by atoms with E-state index in [1.165, 1.54) is 18.2 Å². The standard InChI is InChI=1S/C9H10BrN5O2/c10-5-3-4(7(16)17)1-2-6(5)14-9(13)15-8(11)12/h1-3H,(H,16,17)(H6,11,12,13,14,15). The topological polar surface area (TPSA) is 140 Å². The maximum Gasteiger partial charge on any atom is 0.335 e. The molecule has 0 aliphatic rings. The monoisotopic (exact) mass is 299 g/mol. The number of hydrogen-bond acceptors (Lipinski definition) is 2. The average molecular weight is 300 g/mol. The second-order valence-corrected chi connectivity index (χ2v) is 3.83. The van der Waals surface area contributed by atoms with Gasteiger partial charge in [0.1, 0.15) is 0 Å². The van der Waals surface area contributed by atoms with E-state index in [4.69, 9.17) is 22.3 Å². The van der Waals surface area contributed by atoms with Crippen LogP contribution in [0.5, 0.6) is 0 Å². The van der Waals surface area contributed by atoms with E-state index < -0.39 is 5.97 Å². The molecule has 0 aliphatic heterocycles. The summed E-state index contributed by atoms with van der Waals surface area (Å²) in [5, 5.41) is 8.76. The van der Waals surface area contributed by atoms with Gasteiger partial charge in [-0.25, -0.2) is 9.79 Å². The molecule has 7 nitrogen and oxygen atoms in total. The molecule has 0 amide bonds. The summed E-state index contributed by atoms with van der Waals surface area (Å²) in [5.74, 6) is -1.35. The van der Waals surface area contributed by atoms with Gasteiger partial charge in [0.2, 0.25) is 5.96 Å². The number of nitrogens with two attached hydrogens (primary N) is 3. The Labute approximate surface area is 105 Å². The minimum absolute atomic E-state index is 0.117. The fourth-order valence-electron chi connectivity index (χ4n) is 1.01. The van der Waals surface area contributed by atoms with Gasteiger partial charge in [-0.1, -0.05) is 0 Å². The first-order valence-corrected chi connectivity index (χ1v) is 5.16. The van der Waals surface area contributed by atoms with Crippen molar-refractivity contribution in [3.8, 4) is 0 Å². The highest BCUT2D eigenvalue weighted by molar-refractivity contribution is 9.10. The van der Waals surface area contributed by atoms with E-state index in [1.807, 2.05) is 0 Å². The van der Waals surface area contributed by atoms with Gasteiger partial charge in [-0.2, -0.15) is 4.99 Å². The van der Waals surface area contributed by atoms with Gasteiger partial charge in [-0.15, -0.1) is 0 Å². The fraction of sp³-hybridized carbons (Fsp3) is 0. The number of carbonyl (C=O) groups is 1. The van der Waals surface area contributed by atoms with Gasteiger partial charge in [-0.05, 0) is 34.1 Å². The lowest BCUT2D eigenvalue weighted by Crippen LogP contribution is -2.26. The minimum Gasteiger partial charge on any atom is -0.478 e. The number of guanidine groups is 2. The van der Waals surface area contributed by atoms with E-state index in [0.29, 0.717) is 10.2 Å². The zero-order valence-electron chi connectivity index (χ0n) is 8.59. The molecular weight excluding hydrogens is 290 g/mol. The lowest BCUT2D eigenvalue weighted by molar-refractivity contribution is 0.0697. The summed E-state index contributed by atoms with van der Waals surface area (Å²) in [4.78, 5) is 18.1. The maximum atomic E-state index is 10.7. The van der Waals surface area contributed by atoms with Crippen molar-refractivity contribution in [3.05, 3.63) is 28.2 Å². The maximum absolute atomic E-state index is 10.7. The van der Waals surface area contributed by atoms with E-state index in [9.17, 15) is 4.79 Å². The first-order chi connectivity index (χ1) is 7.90. The molecule has 0 atom stereocenters. The molecule has 90 valence electrons. The van der Waals surface area contributed by atoms with Gasteiger partial charge in [0.25, 0.3) is 0 Å². The normalized spacial score (nSPS) is 11.0. The number of halogens is 1. The molecule has 0 aromatic heterocycles. The van der Waals surface area contributed by atoms with Crippen molar-refractivity contribution < 1.29 is 9.90 Å². The van der Waals surface area contributed by atoms with Crippen LogP contribution in [0.1, 0.15) is 10.4 Å². The molecule has 1 aromatic rings. The third-order valence-electron chi connectivity index (χ3n) is 1.67. The third kappa shape index (κ3) is 3.76. The molecular formula is C9H10BrN5O2. The lowest BCUT2D eigenvalue weighted by Gasteiger charge is -2.01. The van der Waals surface area contributed by atoms with Crippen LogP contribution in [-0.2, 0) is 0 Å². The van der Waals surface area contributed by atoms with Gasteiger partial charge < -0.3 is 22.3 Å². The van der Waals surface area contributed by atoms with E-state index in [-0.39, 0.29) is 17.5 Å². The molecule has 7 N–H and O–H groups in total.